The molecular formula is C31H32F3N5O3. The van der Waals surface area contributed by atoms with Crippen LogP contribution in [0.4, 0.5) is 19.0 Å². The van der Waals surface area contributed by atoms with E-state index in [9.17, 15) is 8.78 Å². The Bertz CT molecular complexity index is 1730. The first kappa shape index (κ1) is 29.2. The van der Waals surface area contributed by atoms with Gasteiger partial charge in [0.15, 0.2) is 6.79 Å². The van der Waals surface area contributed by atoms with Gasteiger partial charge < -0.3 is 25.7 Å². The maximum Gasteiger partial charge on any atom is 0.319 e. The van der Waals surface area contributed by atoms with Crippen LogP contribution < -0.4 is 31.5 Å². The highest BCUT2D eigenvalue weighted by Gasteiger charge is 2.59. The Balaban J connectivity index is 1.61. The summed E-state index contributed by atoms with van der Waals surface area (Å²) in [4.78, 5) is 10.2. The fourth-order valence-corrected chi connectivity index (χ4v) is 5.69. The molecule has 11 heteroatoms. The summed E-state index contributed by atoms with van der Waals surface area (Å²) in [6.07, 6.45) is 1.33. The first-order valence-electron chi connectivity index (χ1n) is 13.4. The Hall–Kier alpha value is -4.27. The predicted molar refractivity (Wildman–Crippen MR) is 155 cm³/mol. The third-order valence-electron chi connectivity index (χ3n) is 7.66. The number of hydrogen-bond acceptors (Lipinski definition) is 8. The van der Waals surface area contributed by atoms with Crippen molar-refractivity contribution in [1.82, 2.24) is 14.9 Å². The molecule has 1 aromatic heterocycles. The van der Waals surface area contributed by atoms with Crippen molar-refractivity contribution in [3.8, 4) is 23.6 Å². The summed E-state index contributed by atoms with van der Waals surface area (Å²) < 4.78 is 61.1. The van der Waals surface area contributed by atoms with E-state index in [0.29, 0.717) is 24.3 Å². The molecule has 8 nitrogen and oxygen atoms in total. The van der Waals surface area contributed by atoms with Crippen molar-refractivity contribution < 1.29 is 27.4 Å². The number of ether oxygens (including phenoxy) is 3. The van der Waals surface area contributed by atoms with E-state index in [0.717, 1.165) is 16.3 Å². The minimum absolute atomic E-state index is 0.00850. The van der Waals surface area contributed by atoms with Gasteiger partial charge in [0, 0.05) is 43.1 Å². The first-order valence-corrected chi connectivity index (χ1v) is 13.4. The van der Waals surface area contributed by atoms with Gasteiger partial charge in [0.1, 0.15) is 29.4 Å². The van der Waals surface area contributed by atoms with Crippen molar-refractivity contribution in [1.29, 1.82) is 0 Å². The molecule has 0 saturated carbocycles. The van der Waals surface area contributed by atoms with Crippen molar-refractivity contribution in [2.75, 3.05) is 39.3 Å². The van der Waals surface area contributed by atoms with Gasteiger partial charge in [0.2, 0.25) is 0 Å². The molecule has 2 saturated heterocycles. The Kier molecular flexibility index (Phi) is 8.03. The maximum absolute atomic E-state index is 16.4. The van der Waals surface area contributed by atoms with Crippen molar-refractivity contribution in [3.05, 3.63) is 64.7 Å². The lowest BCUT2D eigenvalue weighted by Crippen LogP contribution is -2.59. The number of nitrogen functional groups attached to an aromatic ring is 1. The summed E-state index contributed by atoms with van der Waals surface area (Å²) in [6, 6.07) is 8.92. The molecule has 4 N–H and O–H groups in total. The molecule has 2 fully saturated rings. The zero-order valence-electron chi connectivity index (χ0n) is 23.5. The van der Waals surface area contributed by atoms with Crippen molar-refractivity contribution in [3.63, 3.8) is 0 Å². The number of benzene rings is 2. The lowest BCUT2D eigenvalue weighted by Gasteiger charge is -2.46. The van der Waals surface area contributed by atoms with Crippen LogP contribution in [-0.2, 0) is 11.2 Å². The first-order chi connectivity index (χ1) is 20.1. The van der Waals surface area contributed by atoms with Crippen LogP contribution in [0.5, 0.6) is 11.8 Å². The minimum atomic E-state index is -2.80. The summed E-state index contributed by atoms with van der Waals surface area (Å²) in [6.45, 7) is 5.57. The Morgan fingerprint density at radius 1 is 1.24 bits per heavy atom. The molecule has 0 spiro atoms. The van der Waals surface area contributed by atoms with E-state index >= 15 is 4.39 Å². The number of halogens is 3. The van der Waals surface area contributed by atoms with Gasteiger partial charge in [-0.2, -0.15) is 9.97 Å². The Morgan fingerprint density at radius 2 is 2.05 bits per heavy atom. The zero-order valence-corrected chi connectivity index (χ0v) is 23.5. The molecule has 1 atom stereocenters. The number of rotatable bonds is 9. The average Bonchev–Trinajstić information content (AvgIpc) is 3.13. The van der Waals surface area contributed by atoms with Crippen molar-refractivity contribution in [2.24, 2.45) is 5.73 Å². The maximum atomic E-state index is 16.4. The second-order valence-corrected chi connectivity index (χ2v) is 10.5. The van der Waals surface area contributed by atoms with Gasteiger partial charge in [-0.15, -0.1) is 5.92 Å². The van der Waals surface area contributed by atoms with Crippen LogP contribution in [0.15, 0.2) is 43.0 Å². The number of anilines is 1. The lowest BCUT2D eigenvalue weighted by atomic mass is 9.85. The molecule has 2 aliphatic heterocycles. The van der Waals surface area contributed by atoms with Crippen molar-refractivity contribution in [2.45, 2.75) is 37.6 Å². The second-order valence-electron chi connectivity index (χ2n) is 10.5. The summed E-state index contributed by atoms with van der Waals surface area (Å²) in [5.74, 6) is 2.87. The van der Waals surface area contributed by atoms with Gasteiger partial charge in [0.05, 0.1) is 17.3 Å². The van der Waals surface area contributed by atoms with Crippen LogP contribution in [0, 0.1) is 11.8 Å². The summed E-state index contributed by atoms with van der Waals surface area (Å²) in [5, 5.41) is 1.44. The van der Waals surface area contributed by atoms with Gasteiger partial charge in [-0.25, -0.2) is 13.2 Å². The minimum Gasteiger partial charge on any atom is -0.468 e. The molecule has 2 aliphatic rings. The number of alkyl halides is 2. The normalized spacial score (nSPS) is 20.6. The van der Waals surface area contributed by atoms with Gasteiger partial charge >= 0.3 is 6.01 Å². The van der Waals surface area contributed by atoms with E-state index in [1.807, 2.05) is 24.3 Å². The van der Waals surface area contributed by atoms with Gasteiger partial charge in [-0.3, -0.25) is 4.90 Å². The average molecular weight is 580 g/mol. The molecule has 3 heterocycles. The topological polar surface area (TPSA) is 109 Å². The van der Waals surface area contributed by atoms with Crippen LogP contribution in [0.3, 0.4) is 0 Å². The molecule has 42 heavy (non-hydrogen) atoms. The Labute approximate surface area is 241 Å². The highest BCUT2D eigenvalue weighted by molar-refractivity contribution is 5.93. The van der Waals surface area contributed by atoms with E-state index in [1.165, 1.54) is 13.2 Å². The van der Waals surface area contributed by atoms with Crippen LogP contribution in [0.2, 0.25) is 0 Å². The fourth-order valence-electron chi connectivity index (χ4n) is 5.69. The monoisotopic (exact) mass is 579 g/mol. The van der Waals surface area contributed by atoms with E-state index in [1.54, 1.807) is 17.9 Å². The number of hydrogen-bond donors (Lipinski definition) is 2. The largest absolute Gasteiger partial charge is 0.468 e. The highest BCUT2D eigenvalue weighted by atomic mass is 19.3. The molecule has 220 valence electrons. The quantitative estimate of drug-likeness (QED) is 0.294. The number of methoxy groups -OCH3 is 1. The van der Waals surface area contributed by atoms with E-state index in [-0.39, 0.29) is 60.9 Å². The molecule has 0 radical (unpaired) electrons. The van der Waals surface area contributed by atoms with Gasteiger partial charge in [-0.05, 0) is 48.6 Å². The molecule has 0 bridgehead atoms. The van der Waals surface area contributed by atoms with Crippen LogP contribution in [0.25, 0.3) is 22.3 Å². The van der Waals surface area contributed by atoms with E-state index in [4.69, 9.17) is 25.7 Å². The predicted octanol–water partition coefficient (Wildman–Crippen LogP) is 3.00. The van der Waals surface area contributed by atoms with E-state index in [2.05, 4.69) is 28.4 Å². The lowest BCUT2D eigenvalue weighted by molar-refractivity contribution is -0.0134. The smallest absolute Gasteiger partial charge is 0.319 e. The summed E-state index contributed by atoms with van der Waals surface area (Å²) in [7, 11) is 1.51. The van der Waals surface area contributed by atoms with Crippen LogP contribution >= 0.6 is 0 Å². The number of aromatic nitrogens is 2. The number of fused-ring (bicyclic) bond motifs is 2. The van der Waals surface area contributed by atoms with E-state index < -0.39 is 17.3 Å². The van der Waals surface area contributed by atoms with Crippen LogP contribution in [0.1, 0.15) is 30.9 Å². The molecule has 5 rings (SSSR count). The molecular weight excluding hydrogens is 547 g/mol. The van der Waals surface area contributed by atoms with Crippen LogP contribution in [-0.4, -0.2) is 59.9 Å². The Morgan fingerprint density at radius 3 is 2.71 bits per heavy atom. The second kappa shape index (κ2) is 11.5. The zero-order chi connectivity index (χ0) is 30.1. The summed E-state index contributed by atoms with van der Waals surface area (Å²) in [5.41, 5.74) is 12.9. The van der Waals surface area contributed by atoms with Gasteiger partial charge in [0.25, 0.3) is 5.92 Å². The molecule has 2 aromatic carbocycles. The fraction of sp³-hybridized carbons (Fsp3) is 0.355. The molecule has 1 unspecified atom stereocenters. The molecule has 0 aliphatic carbocycles. The number of nitrogens with zero attached hydrogens (tertiary/aromatic N) is 3. The number of nitrogens with two attached hydrogens (primary N) is 2. The summed E-state index contributed by atoms with van der Waals surface area (Å²) >= 11 is 0. The standard InChI is InChI=1S/C31H32F3N5O3/c1-4-7-19-8-6-9-20-12-22(42-18-40-3)13-21(25(19)20)14-23(32)27-26(24(35)5-2)28(36)38-29(37-27)41-17-30-10-11-39(30)16-31(33,34)15-30/h5-6,8-9,12-13H,2,10-11,14-18,35H2,1,3H3,(H2,36,37,38)/b26-24+,27-23-. The third-order valence-corrected chi connectivity index (χ3v) is 7.66. The van der Waals surface area contributed by atoms with Crippen molar-refractivity contribution >= 4 is 28.1 Å². The highest BCUT2D eigenvalue weighted by Crippen LogP contribution is 2.47. The SMILES string of the molecule is C=C/C(N)=c1\c(N)nc(OCC23CCN2CC(F)(F)C3)n\c1=C(/F)Cc1cc(OCOC)cc2cccc(C#CC)c12. The molecule has 0 amide bonds. The van der Waals surface area contributed by atoms with Gasteiger partial charge in [-0.1, -0.05) is 24.6 Å². The molecule has 3 aromatic rings. The third kappa shape index (κ3) is 5.60.